The van der Waals surface area contributed by atoms with Gasteiger partial charge in [0.15, 0.2) is 17.1 Å². The second kappa shape index (κ2) is 13.0. The van der Waals surface area contributed by atoms with Gasteiger partial charge in [-0.05, 0) is 17.7 Å². The van der Waals surface area contributed by atoms with Crippen LogP contribution in [0.3, 0.4) is 0 Å². The standard InChI is InChI=1S/C27H27N5O9S2/c1-37-15-6-4-13(5-7-15)10-40-26(36)21-16(22-14(9-33)8-18(38-2)41-22)11-42-25-20(24(35)32(21)25)30-23(34)19(31-39-3)17-12-43-27(28)29-17/h4-7,12,18,20,22,25H,8,10-11H2,1-3H3,(H2,28,29)(H,30,34)/b31-19+/t18-,20-,22+,25-/m1/s1. The lowest BCUT2D eigenvalue weighted by atomic mass is 9.97. The van der Waals surface area contributed by atoms with Crippen LogP contribution in [0.25, 0.3) is 0 Å². The Morgan fingerprint density at radius 3 is 2.65 bits per heavy atom. The Balaban J connectivity index is 1.40. The first kappa shape index (κ1) is 30.3. The first-order valence-corrected chi connectivity index (χ1v) is 14.8. The van der Waals surface area contributed by atoms with Crippen molar-refractivity contribution in [3.8, 4) is 5.75 Å². The molecule has 2 saturated heterocycles. The molecule has 1 aromatic carbocycles. The fourth-order valence-electron chi connectivity index (χ4n) is 4.77. The van der Waals surface area contributed by atoms with E-state index in [2.05, 4.69) is 15.5 Å². The van der Waals surface area contributed by atoms with Gasteiger partial charge in [-0.2, -0.15) is 0 Å². The summed E-state index contributed by atoms with van der Waals surface area (Å²) < 4.78 is 22.0. The number of esters is 1. The van der Waals surface area contributed by atoms with Crippen molar-refractivity contribution in [2.75, 3.05) is 32.8 Å². The summed E-state index contributed by atoms with van der Waals surface area (Å²) >= 11 is 2.40. The molecule has 0 radical (unpaired) electrons. The Kier molecular flexibility index (Phi) is 9.13. The lowest BCUT2D eigenvalue weighted by Crippen LogP contribution is -2.71. The number of methoxy groups -OCH3 is 2. The zero-order valence-electron chi connectivity index (χ0n) is 23.2. The molecule has 43 heavy (non-hydrogen) atoms. The number of carbonyl (C=O) groups is 3. The predicted octanol–water partition coefficient (Wildman–Crippen LogP) is 1.00. The number of nitrogens with zero attached hydrogens (tertiary/aromatic N) is 3. The van der Waals surface area contributed by atoms with Crippen LogP contribution in [-0.2, 0) is 44.8 Å². The predicted molar refractivity (Wildman–Crippen MR) is 154 cm³/mol. The number of hydrogen-bond donors (Lipinski definition) is 2. The number of oxime groups is 1. The van der Waals surface area contributed by atoms with E-state index in [9.17, 15) is 19.2 Å². The minimum absolute atomic E-state index is 0.0553. The Morgan fingerprint density at radius 2 is 2.02 bits per heavy atom. The van der Waals surface area contributed by atoms with Crippen molar-refractivity contribution < 1.29 is 43.0 Å². The smallest absolute Gasteiger partial charge is 0.355 e. The number of fused-ring (bicyclic) bond motifs is 1. The summed E-state index contributed by atoms with van der Waals surface area (Å²) in [5, 5.41) is 7.53. The van der Waals surface area contributed by atoms with Crippen LogP contribution in [0.15, 0.2) is 51.6 Å². The molecular weight excluding hydrogens is 602 g/mol. The van der Waals surface area contributed by atoms with Gasteiger partial charge >= 0.3 is 5.97 Å². The number of anilines is 1. The second-order valence-corrected chi connectivity index (χ2v) is 11.4. The first-order valence-electron chi connectivity index (χ1n) is 12.8. The molecule has 4 heterocycles. The van der Waals surface area contributed by atoms with E-state index >= 15 is 0 Å². The summed E-state index contributed by atoms with van der Waals surface area (Å²) in [6.07, 6.45) is -1.49. The average molecular weight is 630 g/mol. The van der Waals surface area contributed by atoms with Crippen molar-refractivity contribution in [2.24, 2.45) is 5.16 Å². The van der Waals surface area contributed by atoms with Crippen LogP contribution in [0.2, 0.25) is 0 Å². The van der Waals surface area contributed by atoms with Crippen molar-refractivity contribution in [2.45, 2.75) is 36.8 Å². The maximum Gasteiger partial charge on any atom is 0.355 e. The normalized spacial score (nSPS) is 23.3. The summed E-state index contributed by atoms with van der Waals surface area (Å²) in [6, 6.07) is 5.94. The summed E-state index contributed by atoms with van der Waals surface area (Å²) in [6.45, 7) is -0.0875. The van der Waals surface area contributed by atoms with E-state index < -0.39 is 41.6 Å². The van der Waals surface area contributed by atoms with Gasteiger partial charge in [0.05, 0.1) is 12.7 Å². The van der Waals surface area contributed by atoms with Crippen LogP contribution in [0.4, 0.5) is 5.13 Å². The number of β-lactam (4-membered cyclic amide) rings is 1. The molecule has 1 aromatic heterocycles. The van der Waals surface area contributed by atoms with Gasteiger partial charge in [0, 0.05) is 30.2 Å². The number of rotatable bonds is 10. The zero-order valence-corrected chi connectivity index (χ0v) is 24.9. The molecule has 4 atom stereocenters. The number of amides is 2. The van der Waals surface area contributed by atoms with E-state index in [-0.39, 0.29) is 46.6 Å². The number of thiazole rings is 1. The van der Waals surface area contributed by atoms with E-state index in [0.29, 0.717) is 16.9 Å². The van der Waals surface area contributed by atoms with Crippen molar-refractivity contribution in [1.29, 1.82) is 0 Å². The van der Waals surface area contributed by atoms with Gasteiger partial charge in [-0.15, -0.1) is 23.1 Å². The molecule has 2 aromatic rings. The Labute approximate surface area is 253 Å². The topological polar surface area (TPSA) is 181 Å². The molecule has 2 fully saturated rings. The number of hydrogen-bond acceptors (Lipinski definition) is 14. The van der Waals surface area contributed by atoms with Crippen LogP contribution in [-0.4, -0.2) is 90.2 Å². The van der Waals surface area contributed by atoms with Crippen molar-refractivity contribution >= 4 is 57.7 Å². The second-order valence-electron chi connectivity index (χ2n) is 9.37. The highest BCUT2D eigenvalue weighted by Crippen LogP contribution is 2.44. The van der Waals surface area contributed by atoms with Crippen LogP contribution < -0.4 is 15.8 Å². The molecule has 3 aliphatic rings. The summed E-state index contributed by atoms with van der Waals surface area (Å²) in [5.41, 5.74) is 6.98. The highest BCUT2D eigenvalue weighted by atomic mass is 32.2. The minimum atomic E-state index is -1.00. The third kappa shape index (κ3) is 6.00. The number of ether oxygens (including phenoxy) is 4. The summed E-state index contributed by atoms with van der Waals surface area (Å²) in [5.74, 6) is 0.666. The summed E-state index contributed by atoms with van der Waals surface area (Å²) in [4.78, 5) is 62.2. The average Bonchev–Trinajstić information content (AvgIpc) is 3.66. The fourth-order valence-corrected chi connectivity index (χ4v) is 6.69. The first-order chi connectivity index (χ1) is 20.8. The van der Waals surface area contributed by atoms with Gasteiger partial charge in [-0.25, -0.2) is 14.6 Å². The zero-order chi connectivity index (χ0) is 30.7. The third-order valence-electron chi connectivity index (χ3n) is 6.87. The van der Waals surface area contributed by atoms with E-state index in [4.69, 9.17) is 29.5 Å². The maximum atomic E-state index is 13.6. The largest absolute Gasteiger partial charge is 0.497 e. The quantitative estimate of drug-likeness (QED) is 0.125. The number of carbonyl (C=O) groups excluding carboxylic acids is 4. The molecule has 0 unspecified atom stereocenters. The number of nitrogens with one attached hydrogen (secondary N) is 1. The molecule has 3 aliphatic heterocycles. The molecular formula is C27H27N5O9S2. The van der Waals surface area contributed by atoms with Crippen LogP contribution in [0, 0.1) is 0 Å². The van der Waals surface area contributed by atoms with E-state index in [1.807, 2.05) is 5.94 Å². The number of benzene rings is 1. The van der Waals surface area contributed by atoms with Crippen LogP contribution in [0.5, 0.6) is 5.75 Å². The van der Waals surface area contributed by atoms with Crippen LogP contribution >= 0.6 is 23.1 Å². The molecule has 14 nitrogen and oxygen atoms in total. The molecule has 0 bridgehead atoms. The summed E-state index contributed by atoms with van der Waals surface area (Å²) in [7, 11) is 4.25. The molecule has 0 spiro atoms. The Morgan fingerprint density at radius 1 is 1.26 bits per heavy atom. The number of nitrogen functional groups attached to an aromatic ring is 1. The molecule has 3 N–H and O–H groups in total. The molecule has 0 saturated carbocycles. The van der Waals surface area contributed by atoms with Gasteiger partial charge in [-0.3, -0.25) is 14.5 Å². The van der Waals surface area contributed by atoms with Gasteiger partial charge in [0.1, 0.15) is 54.3 Å². The van der Waals surface area contributed by atoms with Gasteiger partial charge in [0.25, 0.3) is 11.8 Å². The van der Waals surface area contributed by atoms with Crippen LogP contribution in [0.1, 0.15) is 17.7 Å². The number of nitrogens with two attached hydrogens (primary N) is 1. The monoisotopic (exact) mass is 629 g/mol. The highest BCUT2D eigenvalue weighted by molar-refractivity contribution is 8.00. The van der Waals surface area contributed by atoms with Crippen molar-refractivity contribution in [1.82, 2.24) is 15.2 Å². The molecule has 5 rings (SSSR count). The van der Waals surface area contributed by atoms with Gasteiger partial charge < -0.3 is 34.8 Å². The van der Waals surface area contributed by atoms with E-state index in [1.165, 1.54) is 36.3 Å². The lowest BCUT2D eigenvalue weighted by molar-refractivity contribution is -0.153. The Hall–Kier alpha value is -4.21. The molecule has 16 heteroatoms. The van der Waals surface area contributed by atoms with Crippen molar-refractivity contribution in [3.63, 3.8) is 0 Å². The highest BCUT2D eigenvalue weighted by Gasteiger charge is 2.56. The minimum Gasteiger partial charge on any atom is -0.497 e. The third-order valence-corrected chi connectivity index (χ3v) is 8.85. The lowest BCUT2D eigenvalue weighted by Gasteiger charge is -2.50. The molecule has 226 valence electrons. The number of aromatic nitrogens is 1. The maximum absolute atomic E-state index is 13.6. The Bertz CT molecular complexity index is 1530. The van der Waals surface area contributed by atoms with E-state index in [1.54, 1.807) is 31.4 Å². The van der Waals surface area contributed by atoms with Gasteiger partial charge in [0.2, 0.25) is 0 Å². The number of thioether (sulfide) groups is 1. The fraction of sp³-hybridized carbons (Fsp3) is 0.370. The SMILES string of the molecule is CO/N=C(/C(=O)N[C@@H]1C(=O)N2C(C(=O)OCc3ccc(OC)cc3)=C([C@H]3O[C@@H](OC)CC3=C=O)CS[C@H]12)c1csc(N)n1. The molecule has 0 aliphatic carbocycles. The van der Waals surface area contributed by atoms with E-state index in [0.717, 1.165) is 11.3 Å². The van der Waals surface area contributed by atoms with Crippen molar-refractivity contribution in [3.05, 3.63) is 57.7 Å². The van der Waals surface area contributed by atoms with Gasteiger partial charge in [-0.1, -0.05) is 17.3 Å². The molecule has 2 amide bonds.